The summed E-state index contributed by atoms with van der Waals surface area (Å²) in [6.07, 6.45) is 3.40. The van der Waals surface area contributed by atoms with E-state index in [0.717, 1.165) is 12.8 Å². The first-order chi connectivity index (χ1) is 11.5. The molecule has 0 bridgehead atoms. The van der Waals surface area contributed by atoms with Crippen LogP contribution in [0.15, 0.2) is 40.1 Å². The fourth-order valence-electron chi connectivity index (χ4n) is 2.30. The number of hydrogen-bond donors (Lipinski definition) is 1. The summed E-state index contributed by atoms with van der Waals surface area (Å²) in [5.41, 5.74) is 1.12. The van der Waals surface area contributed by atoms with Gasteiger partial charge in [-0.3, -0.25) is 0 Å². The van der Waals surface area contributed by atoms with Gasteiger partial charge in [0.15, 0.2) is 5.82 Å². The molecule has 124 valence electrons. The molecule has 1 N–H and O–H groups in total. The molecule has 9 heteroatoms. The minimum Gasteiger partial charge on any atom is -0.338 e. The molecule has 0 aliphatic heterocycles. The van der Waals surface area contributed by atoms with Gasteiger partial charge in [-0.1, -0.05) is 5.16 Å². The summed E-state index contributed by atoms with van der Waals surface area (Å²) in [7, 11) is -3.74. The Bertz CT molecular complexity index is 974. The van der Waals surface area contributed by atoms with Crippen molar-refractivity contribution in [3.8, 4) is 11.3 Å². The molecule has 1 aromatic carbocycles. The third kappa shape index (κ3) is 2.94. The van der Waals surface area contributed by atoms with Gasteiger partial charge in [-0.25, -0.2) is 17.8 Å². The lowest BCUT2D eigenvalue weighted by Crippen LogP contribution is -2.07. The highest BCUT2D eigenvalue weighted by Gasteiger charge is 2.30. The number of aromatic amines is 1. The van der Waals surface area contributed by atoms with Crippen LogP contribution in [0, 0.1) is 5.82 Å². The molecule has 1 aliphatic rings. The molecule has 0 amide bonds. The highest BCUT2D eigenvalue weighted by atomic mass is 32.2. The van der Waals surface area contributed by atoms with Gasteiger partial charge < -0.3 is 9.51 Å². The van der Waals surface area contributed by atoms with Gasteiger partial charge in [0, 0.05) is 5.92 Å². The molecule has 0 unspecified atom stereocenters. The van der Waals surface area contributed by atoms with Crippen molar-refractivity contribution in [2.24, 2.45) is 0 Å². The molecular formula is C15H13FN4O3S. The zero-order chi connectivity index (χ0) is 16.7. The van der Waals surface area contributed by atoms with Gasteiger partial charge in [0.05, 0.1) is 11.9 Å². The molecule has 0 radical (unpaired) electrons. The second kappa shape index (κ2) is 5.52. The highest BCUT2D eigenvalue weighted by Crippen LogP contribution is 2.38. The number of aromatic nitrogens is 4. The van der Waals surface area contributed by atoms with E-state index in [2.05, 4.69) is 20.1 Å². The van der Waals surface area contributed by atoms with Crippen LogP contribution in [-0.4, -0.2) is 28.5 Å². The van der Waals surface area contributed by atoms with E-state index in [9.17, 15) is 12.8 Å². The molecule has 24 heavy (non-hydrogen) atoms. The second-order valence-electron chi connectivity index (χ2n) is 5.69. The van der Waals surface area contributed by atoms with E-state index in [1.165, 1.54) is 18.3 Å². The van der Waals surface area contributed by atoms with Crippen LogP contribution in [0.25, 0.3) is 11.3 Å². The van der Waals surface area contributed by atoms with E-state index in [1.54, 1.807) is 12.1 Å². The standard InChI is InChI=1S/C15H13FN4O3S/c16-11-5-3-9(4-6-11)12-7-17-15(18-12)24(21,22)8-13-19-14(20-23-13)10-1-2-10/h3-7,10H,1-2,8H2,(H,17,18). The predicted octanol–water partition coefficient (Wildman–Crippen LogP) is 2.45. The van der Waals surface area contributed by atoms with E-state index in [-0.39, 0.29) is 16.9 Å². The molecule has 2 aromatic heterocycles. The first kappa shape index (κ1) is 15.0. The molecule has 2 heterocycles. The zero-order valence-corrected chi connectivity index (χ0v) is 13.3. The Hall–Kier alpha value is -2.55. The van der Waals surface area contributed by atoms with Gasteiger partial charge in [-0.2, -0.15) is 4.98 Å². The fraction of sp³-hybridized carbons (Fsp3) is 0.267. The van der Waals surface area contributed by atoms with Crippen LogP contribution in [0.3, 0.4) is 0 Å². The van der Waals surface area contributed by atoms with Crippen LogP contribution in [0.1, 0.15) is 30.5 Å². The summed E-state index contributed by atoms with van der Waals surface area (Å²) < 4.78 is 42.8. The molecular weight excluding hydrogens is 335 g/mol. The summed E-state index contributed by atoms with van der Waals surface area (Å²) in [4.78, 5) is 10.8. The van der Waals surface area contributed by atoms with Gasteiger partial charge in [0.2, 0.25) is 20.9 Å². The molecule has 0 spiro atoms. The minimum atomic E-state index is -3.74. The fourth-order valence-corrected chi connectivity index (χ4v) is 3.36. The Morgan fingerprint density at radius 2 is 2.00 bits per heavy atom. The normalized spacial score (nSPS) is 14.9. The van der Waals surface area contributed by atoms with Gasteiger partial charge in [-0.15, -0.1) is 0 Å². The van der Waals surface area contributed by atoms with Crippen LogP contribution < -0.4 is 0 Å². The number of sulfone groups is 1. The van der Waals surface area contributed by atoms with E-state index in [1.807, 2.05) is 0 Å². The van der Waals surface area contributed by atoms with Crippen LogP contribution in [0.2, 0.25) is 0 Å². The number of benzene rings is 1. The third-order valence-corrected chi connectivity index (χ3v) is 5.17. The quantitative estimate of drug-likeness (QED) is 0.760. The first-order valence-corrected chi connectivity index (χ1v) is 9.03. The van der Waals surface area contributed by atoms with Crippen LogP contribution in [-0.2, 0) is 15.6 Å². The lowest BCUT2D eigenvalue weighted by atomic mass is 10.2. The molecule has 7 nitrogen and oxygen atoms in total. The summed E-state index contributed by atoms with van der Waals surface area (Å²) in [6, 6.07) is 5.67. The van der Waals surface area contributed by atoms with E-state index >= 15 is 0 Å². The van der Waals surface area contributed by atoms with Crippen molar-refractivity contribution in [1.82, 2.24) is 20.1 Å². The maximum Gasteiger partial charge on any atom is 0.242 e. The Morgan fingerprint density at radius 3 is 2.71 bits per heavy atom. The summed E-state index contributed by atoms with van der Waals surface area (Å²) in [5, 5.41) is 3.61. The zero-order valence-electron chi connectivity index (χ0n) is 12.4. The maximum atomic E-state index is 13.0. The third-order valence-electron chi connectivity index (χ3n) is 3.74. The van der Waals surface area contributed by atoms with Gasteiger partial charge in [0.1, 0.15) is 11.6 Å². The van der Waals surface area contributed by atoms with Crippen molar-refractivity contribution in [2.45, 2.75) is 29.7 Å². The second-order valence-corrected chi connectivity index (χ2v) is 7.59. The Kier molecular flexibility index (Phi) is 3.45. The van der Waals surface area contributed by atoms with Crippen molar-refractivity contribution in [3.63, 3.8) is 0 Å². The monoisotopic (exact) mass is 348 g/mol. The van der Waals surface area contributed by atoms with E-state index in [4.69, 9.17) is 4.52 Å². The minimum absolute atomic E-state index is 0.0524. The van der Waals surface area contributed by atoms with Crippen LogP contribution in [0.5, 0.6) is 0 Å². The molecule has 1 fully saturated rings. The van der Waals surface area contributed by atoms with Crippen LogP contribution in [0.4, 0.5) is 4.39 Å². The van der Waals surface area contributed by atoms with Crippen molar-refractivity contribution in [3.05, 3.63) is 48.0 Å². The molecule has 4 rings (SSSR count). The van der Waals surface area contributed by atoms with Crippen molar-refractivity contribution >= 4 is 9.84 Å². The number of halogens is 1. The summed E-state index contributed by atoms with van der Waals surface area (Å²) in [6.45, 7) is 0. The lowest BCUT2D eigenvalue weighted by Gasteiger charge is -1.98. The largest absolute Gasteiger partial charge is 0.338 e. The summed E-state index contributed by atoms with van der Waals surface area (Å²) in [5.74, 6) is 0.124. The van der Waals surface area contributed by atoms with Crippen molar-refractivity contribution in [1.29, 1.82) is 0 Å². The van der Waals surface area contributed by atoms with Crippen molar-refractivity contribution in [2.75, 3.05) is 0 Å². The molecule has 0 atom stereocenters. The molecule has 1 aliphatic carbocycles. The number of nitrogens with zero attached hydrogens (tertiary/aromatic N) is 3. The number of H-pyrrole nitrogens is 1. The Morgan fingerprint density at radius 1 is 1.25 bits per heavy atom. The van der Waals surface area contributed by atoms with Crippen molar-refractivity contribution < 1.29 is 17.3 Å². The van der Waals surface area contributed by atoms with E-state index in [0.29, 0.717) is 23.0 Å². The number of nitrogens with one attached hydrogen (secondary N) is 1. The number of rotatable bonds is 5. The number of imidazole rings is 1. The topological polar surface area (TPSA) is 102 Å². The lowest BCUT2D eigenvalue weighted by molar-refractivity contribution is 0.382. The molecule has 0 saturated heterocycles. The van der Waals surface area contributed by atoms with Gasteiger partial charge in [-0.05, 0) is 42.7 Å². The number of hydrogen-bond acceptors (Lipinski definition) is 6. The van der Waals surface area contributed by atoms with Gasteiger partial charge in [0.25, 0.3) is 0 Å². The van der Waals surface area contributed by atoms with Gasteiger partial charge >= 0.3 is 0 Å². The molecule has 3 aromatic rings. The predicted molar refractivity (Wildman–Crippen MR) is 81.1 cm³/mol. The first-order valence-electron chi connectivity index (χ1n) is 7.37. The Labute approximate surface area is 136 Å². The molecule has 1 saturated carbocycles. The highest BCUT2D eigenvalue weighted by molar-refractivity contribution is 7.90. The average Bonchev–Trinajstić information content (AvgIpc) is 3.08. The Balaban J connectivity index is 1.56. The average molecular weight is 348 g/mol. The maximum absolute atomic E-state index is 13.0. The SMILES string of the molecule is O=S(=O)(Cc1nc(C2CC2)no1)c1ncc(-c2ccc(F)cc2)[nH]1. The van der Waals surface area contributed by atoms with E-state index < -0.39 is 15.6 Å². The smallest absolute Gasteiger partial charge is 0.242 e. The summed E-state index contributed by atoms with van der Waals surface area (Å²) >= 11 is 0. The van der Waals surface area contributed by atoms with Crippen LogP contribution >= 0.6 is 0 Å².